The van der Waals surface area contributed by atoms with Crippen molar-refractivity contribution in [2.45, 2.75) is 11.0 Å². The maximum Gasteiger partial charge on any atom is 0.416 e. The third-order valence-corrected chi connectivity index (χ3v) is 8.72. The van der Waals surface area contributed by atoms with Gasteiger partial charge in [-0.3, -0.25) is 24.3 Å². The second-order valence-corrected chi connectivity index (χ2v) is 10.7. The van der Waals surface area contributed by atoms with E-state index in [4.69, 9.17) is 0 Å². The van der Waals surface area contributed by atoms with E-state index in [1.165, 1.54) is 28.8 Å². The van der Waals surface area contributed by atoms with Gasteiger partial charge in [0.25, 0.3) is 5.91 Å². The number of piperazine rings is 1. The van der Waals surface area contributed by atoms with Crippen molar-refractivity contribution in [2.24, 2.45) is 0 Å². The van der Waals surface area contributed by atoms with Crippen molar-refractivity contribution in [3.05, 3.63) is 90.0 Å². The van der Waals surface area contributed by atoms with Gasteiger partial charge in [-0.25, -0.2) is 0 Å². The molecule has 0 bridgehead atoms. The monoisotopic (exact) mass is 538 g/mol. The van der Waals surface area contributed by atoms with Gasteiger partial charge in [0.15, 0.2) is 0 Å². The van der Waals surface area contributed by atoms with E-state index in [0.717, 1.165) is 44.0 Å². The molecule has 2 saturated heterocycles. The number of thioether (sulfide) groups is 1. The highest BCUT2D eigenvalue weighted by atomic mass is 32.2. The molecule has 3 heterocycles. The van der Waals surface area contributed by atoms with E-state index in [-0.39, 0.29) is 17.3 Å². The van der Waals surface area contributed by atoms with Crippen LogP contribution in [-0.4, -0.2) is 55.3 Å². The molecule has 6 nitrogen and oxygen atoms in total. The lowest BCUT2D eigenvalue weighted by Crippen LogP contribution is -2.54. The van der Waals surface area contributed by atoms with E-state index >= 15 is 0 Å². The summed E-state index contributed by atoms with van der Waals surface area (Å²) in [6, 6.07) is 22.1. The lowest BCUT2D eigenvalue weighted by Gasteiger charge is -2.38. The van der Waals surface area contributed by atoms with Gasteiger partial charge in [-0.2, -0.15) is 13.2 Å². The van der Waals surface area contributed by atoms with E-state index in [1.807, 2.05) is 30.3 Å². The van der Waals surface area contributed by atoms with Crippen molar-refractivity contribution in [3.63, 3.8) is 0 Å². The number of carbonyl (C=O) groups is 2. The smallest absolute Gasteiger partial charge is 0.369 e. The Morgan fingerprint density at radius 3 is 2.24 bits per heavy atom. The lowest BCUT2D eigenvalue weighted by atomic mass is 10.0. The molecule has 0 unspecified atom stereocenters. The molecule has 38 heavy (non-hydrogen) atoms. The Hall–Kier alpha value is -3.50. The normalized spacial score (nSPS) is 22.0. The van der Waals surface area contributed by atoms with Crippen molar-refractivity contribution in [3.8, 4) is 0 Å². The molecule has 0 radical (unpaired) electrons. The summed E-state index contributed by atoms with van der Waals surface area (Å²) in [5.74, 6) is -0.701. The molecule has 196 valence electrons. The van der Waals surface area contributed by atoms with Crippen LogP contribution in [0.3, 0.4) is 0 Å². The number of rotatable bonds is 4. The van der Waals surface area contributed by atoms with Gasteiger partial charge in [-0.1, -0.05) is 42.5 Å². The summed E-state index contributed by atoms with van der Waals surface area (Å²) in [6.45, 7) is 3.45. The van der Waals surface area contributed by atoms with E-state index in [0.29, 0.717) is 17.9 Å². The number of amides is 2. The lowest BCUT2D eigenvalue weighted by molar-refractivity contribution is -0.137. The zero-order valence-electron chi connectivity index (χ0n) is 20.4. The number of para-hydroxylation sites is 2. The van der Waals surface area contributed by atoms with E-state index in [9.17, 15) is 22.8 Å². The Morgan fingerprint density at radius 1 is 0.816 bits per heavy atom. The quantitative estimate of drug-likeness (QED) is 0.479. The average Bonchev–Trinajstić information content (AvgIpc) is 3.40. The number of halogens is 3. The second kappa shape index (κ2) is 9.36. The topological polar surface area (TPSA) is 47.1 Å². The standard InChI is InChI=1S/C28H25F3N4O2S/c29-28(30,31)20-7-6-10-22(17-20)35-25(36)18-38-27(35)23-11-4-5-12-24(23)34(26(27)37)19-32-13-15-33(16-14-32)21-8-2-1-3-9-21/h1-12,17H,13-16,18-19H2/t27-/m1/s1. The molecule has 1 atom stereocenters. The molecule has 0 saturated carbocycles. The minimum atomic E-state index is -4.56. The molecular formula is C28H25F3N4O2S. The van der Waals surface area contributed by atoms with Crippen LogP contribution in [0.4, 0.5) is 30.2 Å². The number of nitrogens with zero attached hydrogens (tertiary/aromatic N) is 4. The summed E-state index contributed by atoms with van der Waals surface area (Å²) in [5, 5.41) is 0. The van der Waals surface area contributed by atoms with Crippen LogP contribution in [0, 0.1) is 0 Å². The maximum absolute atomic E-state index is 14.2. The predicted octanol–water partition coefficient (Wildman–Crippen LogP) is 4.76. The minimum absolute atomic E-state index is 0.0000896. The van der Waals surface area contributed by atoms with Crippen molar-refractivity contribution >= 4 is 40.6 Å². The summed E-state index contributed by atoms with van der Waals surface area (Å²) in [5.41, 5.74) is 1.67. The van der Waals surface area contributed by atoms with Crippen LogP contribution < -0.4 is 14.7 Å². The van der Waals surface area contributed by atoms with E-state index < -0.39 is 22.5 Å². The van der Waals surface area contributed by atoms with Gasteiger partial charge in [0.1, 0.15) is 0 Å². The van der Waals surface area contributed by atoms with Crippen LogP contribution in [-0.2, 0) is 20.6 Å². The van der Waals surface area contributed by atoms with Gasteiger partial charge in [0.05, 0.1) is 23.7 Å². The number of fused-ring (bicyclic) bond motifs is 2. The van der Waals surface area contributed by atoms with Crippen molar-refractivity contribution < 1.29 is 22.8 Å². The SMILES string of the molecule is O=C1CS[C@]2(C(=O)N(CN3CCN(c4ccccc4)CC3)c3ccccc32)N1c1cccc(C(F)(F)F)c1. The molecule has 3 aromatic rings. The first kappa shape index (κ1) is 24.8. The number of anilines is 3. The fourth-order valence-corrected chi connectivity index (χ4v) is 6.86. The highest BCUT2D eigenvalue weighted by Gasteiger charge is 2.61. The third kappa shape index (κ3) is 4.03. The molecule has 2 amide bonds. The molecule has 0 N–H and O–H groups in total. The zero-order valence-corrected chi connectivity index (χ0v) is 21.2. The zero-order chi connectivity index (χ0) is 26.5. The van der Waals surface area contributed by atoms with Crippen molar-refractivity contribution in [2.75, 3.05) is 53.3 Å². The number of alkyl halides is 3. The Bertz CT molecular complexity index is 1380. The molecule has 6 rings (SSSR count). The van der Waals surface area contributed by atoms with E-state index in [2.05, 4.69) is 21.9 Å². The van der Waals surface area contributed by atoms with Crippen LogP contribution >= 0.6 is 11.8 Å². The van der Waals surface area contributed by atoms with Gasteiger partial charge in [-0.05, 0) is 36.4 Å². The summed E-state index contributed by atoms with van der Waals surface area (Å²) in [7, 11) is 0. The van der Waals surface area contributed by atoms with Gasteiger partial charge in [-0.15, -0.1) is 11.8 Å². The minimum Gasteiger partial charge on any atom is -0.369 e. The molecule has 0 aliphatic carbocycles. The van der Waals surface area contributed by atoms with Crippen LogP contribution in [0.5, 0.6) is 0 Å². The van der Waals surface area contributed by atoms with Crippen molar-refractivity contribution in [1.29, 1.82) is 0 Å². The first-order valence-corrected chi connectivity index (χ1v) is 13.4. The van der Waals surface area contributed by atoms with Crippen LogP contribution in [0.25, 0.3) is 0 Å². The molecule has 2 fully saturated rings. The third-order valence-electron chi connectivity index (χ3n) is 7.33. The second-order valence-electron chi connectivity index (χ2n) is 9.54. The molecule has 3 aromatic carbocycles. The Morgan fingerprint density at radius 2 is 1.50 bits per heavy atom. The summed E-state index contributed by atoms with van der Waals surface area (Å²) in [4.78, 5) is 33.4. The first-order valence-electron chi connectivity index (χ1n) is 12.4. The average molecular weight is 539 g/mol. The van der Waals surface area contributed by atoms with Gasteiger partial charge in [0.2, 0.25) is 10.8 Å². The van der Waals surface area contributed by atoms with Gasteiger partial charge >= 0.3 is 6.18 Å². The summed E-state index contributed by atoms with van der Waals surface area (Å²) < 4.78 is 40.5. The van der Waals surface area contributed by atoms with Gasteiger partial charge in [0, 0.05) is 43.1 Å². The Kier molecular flexibility index (Phi) is 6.11. The van der Waals surface area contributed by atoms with Gasteiger partial charge < -0.3 is 4.90 Å². The fraction of sp³-hybridized carbons (Fsp3) is 0.286. The van der Waals surface area contributed by atoms with Crippen molar-refractivity contribution in [1.82, 2.24) is 4.90 Å². The maximum atomic E-state index is 14.2. The number of benzene rings is 3. The highest BCUT2D eigenvalue weighted by molar-refractivity contribution is 8.02. The molecule has 1 spiro atoms. The van der Waals surface area contributed by atoms with Crippen LogP contribution in [0.2, 0.25) is 0 Å². The number of hydrogen-bond donors (Lipinski definition) is 0. The Labute approximate surface area is 222 Å². The molecule has 0 aromatic heterocycles. The van der Waals surface area contributed by atoms with Crippen LogP contribution in [0.1, 0.15) is 11.1 Å². The molecule has 3 aliphatic rings. The predicted molar refractivity (Wildman–Crippen MR) is 142 cm³/mol. The molecular weight excluding hydrogens is 513 g/mol. The Balaban J connectivity index is 1.30. The molecule has 3 aliphatic heterocycles. The molecule has 10 heteroatoms. The fourth-order valence-electron chi connectivity index (χ4n) is 5.50. The highest BCUT2D eigenvalue weighted by Crippen LogP contribution is 2.56. The summed E-state index contributed by atoms with van der Waals surface area (Å²) in [6.07, 6.45) is -4.56. The van der Waals surface area contributed by atoms with E-state index in [1.54, 1.807) is 17.0 Å². The number of hydrogen-bond acceptors (Lipinski definition) is 5. The largest absolute Gasteiger partial charge is 0.416 e. The summed E-state index contributed by atoms with van der Waals surface area (Å²) >= 11 is 1.17. The first-order chi connectivity index (χ1) is 18.3. The van der Waals surface area contributed by atoms with Crippen LogP contribution in [0.15, 0.2) is 78.9 Å². The number of carbonyl (C=O) groups excluding carboxylic acids is 2.